The van der Waals surface area contributed by atoms with Crippen molar-refractivity contribution in [2.75, 3.05) is 26.2 Å². The van der Waals surface area contributed by atoms with Crippen molar-refractivity contribution >= 4 is 23.1 Å². The van der Waals surface area contributed by atoms with Gasteiger partial charge in [-0.05, 0) is 44.0 Å². The lowest BCUT2D eigenvalue weighted by atomic mass is 10.1. The van der Waals surface area contributed by atoms with Crippen molar-refractivity contribution in [3.8, 4) is 0 Å². The molecule has 2 N–H and O–H groups in total. The number of hydrogen-bond donors (Lipinski definition) is 1. The monoisotopic (exact) mass is 305 g/mol. The van der Waals surface area contributed by atoms with E-state index in [2.05, 4.69) is 11.8 Å². The fraction of sp³-hybridized carbons (Fsp3) is 0.500. The summed E-state index contributed by atoms with van der Waals surface area (Å²) in [4.78, 5) is 17.2. The minimum atomic E-state index is 0.0962. The van der Waals surface area contributed by atoms with Gasteiger partial charge in [0.05, 0.1) is 11.0 Å². The van der Waals surface area contributed by atoms with Gasteiger partial charge in [-0.25, -0.2) is 0 Å². The minimum absolute atomic E-state index is 0.0962. The third-order valence-corrected chi connectivity index (χ3v) is 4.66. The maximum atomic E-state index is 12.5. The highest BCUT2D eigenvalue weighted by atomic mass is 32.1. The highest BCUT2D eigenvalue weighted by Crippen LogP contribution is 2.14. The second-order valence-corrected chi connectivity index (χ2v) is 6.18. The van der Waals surface area contributed by atoms with E-state index >= 15 is 0 Å². The molecule has 21 heavy (non-hydrogen) atoms. The molecule has 1 atom stereocenters. The van der Waals surface area contributed by atoms with Gasteiger partial charge in [0.25, 0.3) is 5.91 Å². The van der Waals surface area contributed by atoms with Gasteiger partial charge in [0.1, 0.15) is 0 Å². The number of thiocarbonyl (C=S) groups is 1. The van der Waals surface area contributed by atoms with E-state index in [1.165, 1.54) is 5.56 Å². The summed E-state index contributed by atoms with van der Waals surface area (Å²) in [5.74, 6) is 0.112. The lowest BCUT2D eigenvalue weighted by molar-refractivity contribution is 0.0621. The molecule has 1 aliphatic rings. The summed E-state index contributed by atoms with van der Waals surface area (Å²) in [7, 11) is 0. The van der Waals surface area contributed by atoms with Crippen LogP contribution in [0.25, 0.3) is 0 Å². The smallest absolute Gasteiger partial charge is 0.253 e. The molecule has 1 aromatic carbocycles. The Kier molecular flexibility index (Phi) is 4.96. The maximum Gasteiger partial charge on any atom is 0.253 e. The molecule has 0 radical (unpaired) electrons. The minimum Gasteiger partial charge on any atom is -0.392 e. The molecule has 0 aromatic heterocycles. The van der Waals surface area contributed by atoms with Gasteiger partial charge in [-0.1, -0.05) is 18.3 Å². The summed E-state index contributed by atoms with van der Waals surface area (Å²) in [5, 5.41) is 0. The van der Waals surface area contributed by atoms with Crippen LogP contribution in [0, 0.1) is 13.8 Å². The fourth-order valence-corrected chi connectivity index (χ4v) is 2.70. The fourth-order valence-electron chi connectivity index (χ4n) is 2.55. The van der Waals surface area contributed by atoms with E-state index in [-0.39, 0.29) is 11.9 Å². The van der Waals surface area contributed by atoms with Gasteiger partial charge in [0.15, 0.2) is 0 Å². The Balaban J connectivity index is 2.00. The predicted molar refractivity (Wildman–Crippen MR) is 89.6 cm³/mol. The van der Waals surface area contributed by atoms with E-state index in [0.717, 1.165) is 37.3 Å². The van der Waals surface area contributed by atoms with Crippen molar-refractivity contribution in [1.29, 1.82) is 0 Å². The van der Waals surface area contributed by atoms with Crippen LogP contribution >= 0.6 is 12.2 Å². The van der Waals surface area contributed by atoms with Crippen molar-refractivity contribution in [2.45, 2.75) is 26.8 Å². The number of nitrogens with zero attached hydrogens (tertiary/aromatic N) is 2. The van der Waals surface area contributed by atoms with Crippen LogP contribution in [0.1, 0.15) is 28.4 Å². The van der Waals surface area contributed by atoms with Crippen LogP contribution in [-0.4, -0.2) is 52.9 Å². The molecule has 5 heteroatoms. The summed E-state index contributed by atoms with van der Waals surface area (Å²) in [5.41, 5.74) is 8.83. The van der Waals surface area contributed by atoms with Crippen LogP contribution in [-0.2, 0) is 0 Å². The first kappa shape index (κ1) is 15.9. The van der Waals surface area contributed by atoms with Crippen LogP contribution in [0.5, 0.6) is 0 Å². The number of piperazine rings is 1. The highest BCUT2D eigenvalue weighted by Gasteiger charge is 2.25. The van der Waals surface area contributed by atoms with Gasteiger partial charge in [-0.15, -0.1) is 0 Å². The van der Waals surface area contributed by atoms with Crippen molar-refractivity contribution in [2.24, 2.45) is 5.73 Å². The maximum absolute atomic E-state index is 12.5. The van der Waals surface area contributed by atoms with Crippen molar-refractivity contribution in [3.05, 3.63) is 34.9 Å². The lowest BCUT2D eigenvalue weighted by Gasteiger charge is -2.37. The topological polar surface area (TPSA) is 49.6 Å². The number of hydrogen-bond acceptors (Lipinski definition) is 3. The quantitative estimate of drug-likeness (QED) is 0.864. The van der Waals surface area contributed by atoms with Gasteiger partial charge in [-0.3, -0.25) is 9.69 Å². The second kappa shape index (κ2) is 6.54. The molecule has 0 saturated carbocycles. The lowest BCUT2D eigenvalue weighted by Crippen LogP contribution is -2.53. The number of nitrogens with two attached hydrogens (primary N) is 1. The summed E-state index contributed by atoms with van der Waals surface area (Å²) in [6.07, 6.45) is 0. The molecule has 1 aliphatic heterocycles. The first-order chi connectivity index (χ1) is 9.90. The molecule has 2 rings (SSSR count). The molecular formula is C16H23N3OS. The molecule has 1 aromatic rings. The van der Waals surface area contributed by atoms with Crippen molar-refractivity contribution in [3.63, 3.8) is 0 Å². The molecule has 1 amide bonds. The first-order valence-electron chi connectivity index (χ1n) is 7.30. The molecular weight excluding hydrogens is 282 g/mol. The zero-order valence-electron chi connectivity index (χ0n) is 12.9. The van der Waals surface area contributed by atoms with E-state index in [0.29, 0.717) is 4.99 Å². The van der Waals surface area contributed by atoms with E-state index in [1.54, 1.807) is 0 Å². The summed E-state index contributed by atoms with van der Waals surface area (Å²) in [6, 6.07) is 5.99. The van der Waals surface area contributed by atoms with Crippen molar-refractivity contribution in [1.82, 2.24) is 9.80 Å². The van der Waals surface area contributed by atoms with Gasteiger partial charge in [0, 0.05) is 31.7 Å². The van der Waals surface area contributed by atoms with Crippen LogP contribution in [0.4, 0.5) is 0 Å². The van der Waals surface area contributed by atoms with E-state index < -0.39 is 0 Å². The average molecular weight is 305 g/mol. The van der Waals surface area contributed by atoms with Crippen LogP contribution < -0.4 is 5.73 Å². The Morgan fingerprint density at radius 3 is 2.33 bits per heavy atom. The SMILES string of the molecule is Cc1ccc(C(=O)N2CCN(C(C)C(N)=S)CC2)cc1C. The Hall–Kier alpha value is -1.46. The zero-order valence-corrected chi connectivity index (χ0v) is 13.7. The number of rotatable bonds is 3. The van der Waals surface area contributed by atoms with Crippen molar-refractivity contribution < 1.29 is 4.79 Å². The van der Waals surface area contributed by atoms with Crippen LogP contribution in [0.2, 0.25) is 0 Å². The Labute approximate surface area is 131 Å². The molecule has 1 unspecified atom stereocenters. The normalized spacial score (nSPS) is 17.6. The highest BCUT2D eigenvalue weighted by molar-refractivity contribution is 7.80. The van der Waals surface area contributed by atoms with Gasteiger partial charge in [-0.2, -0.15) is 0 Å². The number of carbonyl (C=O) groups excluding carboxylic acids is 1. The van der Waals surface area contributed by atoms with E-state index in [4.69, 9.17) is 18.0 Å². The number of carbonyl (C=O) groups is 1. The van der Waals surface area contributed by atoms with E-state index in [9.17, 15) is 4.79 Å². The van der Waals surface area contributed by atoms with Gasteiger partial charge in [0.2, 0.25) is 0 Å². The molecule has 1 heterocycles. The molecule has 1 saturated heterocycles. The average Bonchev–Trinajstić information content (AvgIpc) is 2.48. The second-order valence-electron chi connectivity index (χ2n) is 5.71. The Bertz CT molecular complexity index is 550. The summed E-state index contributed by atoms with van der Waals surface area (Å²) in [6.45, 7) is 9.18. The Morgan fingerprint density at radius 2 is 1.81 bits per heavy atom. The van der Waals surface area contributed by atoms with Crippen LogP contribution in [0.15, 0.2) is 18.2 Å². The number of aryl methyl sites for hydroxylation is 2. The first-order valence-corrected chi connectivity index (χ1v) is 7.71. The molecule has 0 spiro atoms. The third kappa shape index (κ3) is 3.60. The summed E-state index contributed by atoms with van der Waals surface area (Å²) < 4.78 is 0. The molecule has 0 bridgehead atoms. The standard InChI is InChI=1S/C16H23N3OS/c1-11-4-5-14(10-12(11)2)16(20)19-8-6-18(7-9-19)13(3)15(17)21/h4-5,10,13H,6-9H2,1-3H3,(H2,17,21). The largest absolute Gasteiger partial charge is 0.392 e. The van der Waals surface area contributed by atoms with E-state index in [1.807, 2.05) is 36.9 Å². The third-order valence-electron chi connectivity index (χ3n) is 4.31. The van der Waals surface area contributed by atoms with Gasteiger partial charge >= 0.3 is 0 Å². The summed E-state index contributed by atoms with van der Waals surface area (Å²) >= 11 is 5.04. The molecule has 1 fully saturated rings. The van der Waals surface area contributed by atoms with Gasteiger partial charge < -0.3 is 10.6 Å². The Morgan fingerprint density at radius 1 is 1.19 bits per heavy atom. The molecule has 114 valence electrons. The number of amides is 1. The predicted octanol–water partition coefficient (Wildman–Crippen LogP) is 1.74. The van der Waals surface area contributed by atoms with Crippen LogP contribution in [0.3, 0.4) is 0 Å². The molecule has 0 aliphatic carbocycles. The zero-order chi connectivity index (χ0) is 15.6. The number of benzene rings is 1. The molecule has 4 nitrogen and oxygen atoms in total.